The lowest BCUT2D eigenvalue weighted by molar-refractivity contribution is -0.141. The number of methoxy groups -OCH3 is 1. The second kappa shape index (κ2) is 7.03. The second-order valence-corrected chi connectivity index (χ2v) is 6.17. The van der Waals surface area contributed by atoms with Crippen LogP contribution in [-0.4, -0.2) is 48.3 Å². The molecule has 0 bridgehead atoms. The van der Waals surface area contributed by atoms with Crippen molar-refractivity contribution in [3.05, 3.63) is 30.0 Å². The standard InChI is InChI=1S/C18H20N4O3/c1-11-9-22(10-12(2)25-11)17-16(13(8-19)18(23)24-3)20-14-6-4-5-7-15(14)21-17/h4-7,11-13H,9-10H2,1-3H3/t11-,12-,13+/m1/s1. The van der Waals surface area contributed by atoms with E-state index in [1.807, 2.05) is 49.1 Å². The van der Waals surface area contributed by atoms with Crippen LogP contribution in [0.5, 0.6) is 0 Å². The predicted octanol–water partition coefficient (Wildman–Crippen LogP) is 2.02. The fourth-order valence-corrected chi connectivity index (χ4v) is 3.12. The molecule has 7 heteroatoms. The molecule has 0 spiro atoms. The van der Waals surface area contributed by atoms with Crippen LogP contribution in [0, 0.1) is 11.3 Å². The Balaban J connectivity index is 2.15. The van der Waals surface area contributed by atoms with Crippen LogP contribution in [0.15, 0.2) is 24.3 Å². The summed E-state index contributed by atoms with van der Waals surface area (Å²) in [5.74, 6) is -1.22. The predicted molar refractivity (Wildman–Crippen MR) is 92.1 cm³/mol. The van der Waals surface area contributed by atoms with E-state index >= 15 is 0 Å². The van der Waals surface area contributed by atoms with Gasteiger partial charge in [0.2, 0.25) is 0 Å². The number of ether oxygens (including phenoxy) is 2. The van der Waals surface area contributed by atoms with Gasteiger partial charge in [-0.25, -0.2) is 9.97 Å². The SMILES string of the molecule is COC(=O)[C@@H](C#N)c1nc2ccccc2nc1N1C[C@@H](C)O[C@H](C)C1. The summed E-state index contributed by atoms with van der Waals surface area (Å²) >= 11 is 0. The van der Waals surface area contributed by atoms with E-state index in [0.29, 0.717) is 30.1 Å². The van der Waals surface area contributed by atoms with Gasteiger partial charge in [-0.3, -0.25) is 4.79 Å². The van der Waals surface area contributed by atoms with Gasteiger partial charge >= 0.3 is 5.97 Å². The Hall–Kier alpha value is -2.72. The molecule has 130 valence electrons. The van der Waals surface area contributed by atoms with Crippen LogP contribution in [0.2, 0.25) is 0 Å². The number of para-hydroxylation sites is 2. The normalized spacial score (nSPS) is 21.6. The quantitative estimate of drug-likeness (QED) is 0.790. The van der Waals surface area contributed by atoms with Crippen LogP contribution in [0.25, 0.3) is 11.0 Å². The van der Waals surface area contributed by atoms with Gasteiger partial charge in [0.05, 0.1) is 36.4 Å². The van der Waals surface area contributed by atoms with Crippen LogP contribution in [0.3, 0.4) is 0 Å². The van der Waals surface area contributed by atoms with Crippen molar-refractivity contribution >= 4 is 22.8 Å². The van der Waals surface area contributed by atoms with Gasteiger partial charge in [0, 0.05) is 13.1 Å². The van der Waals surface area contributed by atoms with E-state index in [-0.39, 0.29) is 12.2 Å². The molecule has 0 N–H and O–H groups in total. The summed E-state index contributed by atoms with van der Waals surface area (Å²) < 4.78 is 10.6. The third-order valence-corrected chi connectivity index (χ3v) is 4.14. The minimum absolute atomic E-state index is 0.0172. The number of rotatable bonds is 3. The Kier molecular flexibility index (Phi) is 4.81. The minimum Gasteiger partial charge on any atom is -0.468 e. The van der Waals surface area contributed by atoms with Crippen molar-refractivity contribution in [2.45, 2.75) is 32.0 Å². The Morgan fingerprint density at radius 3 is 2.44 bits per heavy atom. The largest absolute Gasteiger partial charge is 0.468 e. The van der Waals surface area contributed by atoms with Crippen LogP contribution >= 0.6 is 0 Å². The van der Waals surface area contributed by atoms with Gasteiger partial charge in [0.1, 0.15) is 5.69 Å². The zero-order valence-electron chi connectivity index (χ0n) is 14.5. The van der Waals surface area contributed by atoms with Gasteiger partial charge in [-0.2, -0.15) is 5.26 Å². The molecule has 0 amide bonds. The highest BCUT2D eigenvalue weighted by molar-refractivity contribution is 5.85. The fourth-order valence-electron chi connectivity index (χ4n) is 3.12. The van der Waals surface area contributed by atoms with Gasteiger partial charge in [-0.05, 0) is 26.0 Å². The number of carbonyl (C=O) groups is 1. The van der Waals surface area contributed by atoms with Crippen molar-refractivity contribution in [1.82, 2.24) is 9.97 Å². The highest BCUT2D eigenvalue weighted by Gasteiger charge is 2.32. The molecule has 0 unspecified atom stereocenters. The zero-order valence-corrected chi connectivity index (χ0v) is 14.5. The molecule has 25 heavy (non-hydrogen) atoms. The van der Waals surface area contributed by atoms with Crippen LogP contribution < -0.4 is 4.90 Å². The third kappa shape index (κ3) is 3.39. The zero-order chi connectivity index (χ0) is 18.0. The average molecular weight is 340 g/mol. The maximum absolute atomic E-state index is 12.1. The van der Waals surface area contributed by atoms with E-state index in [1.165, 1.54) is 7.11 Å². The number of nitrogens with zero attached hydrogens (tertiary/aromatic N) is 4. The highest BCUT2D eigenvalue weighted by Crippen LogP contribution is 2.29. The van der Waals surface area contributed by atoms with Crippen LogP contribution in [-0.2, 0) is 14.3 Å². The van der Waals surface area contributed by atoms with Crippen LogP contribution in [0.1, 0.15) is 25.5 Å². The molecule has 3 rings (SSSR count). The van der Waals surface area contributed by atoms with E-state index < -0.39 is 11.9 Å². The maximum atomic E-state index is 12.1. The van der Waals surface area contributed by atoms with Gasteiger partial charge < -0.3 is 14.4 Å². The van der Waals surface area contributed by atoms with E-state index in [0.717, 1.165) is 5.52 Å². The topological polar surface area (TPSA) is 88.3 Å². The van der Waals surface area contributed by atoms with Crippen molar-refractivity contribution in [1.29, 1.82) is 5.26 Å². The molecule has 1 aromatic heterocycles. The molecule has 2 heterocycles. The van der Waals surface area contributed by atoms with E-state index in [1.54, 1.807) is 0 Å². The molecular weight excluding hydrogens is 320 g/mol. The van der Waals surface area contributed by atoms with Crippen molar-refractivity contribution in [3.63, 3.8) is 0 Å². The smallest absolute Gasteiger partial charge is 0.329 e. The lowest BCUT2D eigenvalue weighted by atomic mass is 10.1. The fraction of sp³-hybridized carbons (Fsp3) is 0.444. The molecule has 1 aliphatic heterocycles. The first-order valence-corrected chi connectivity index (χ1v) is 8.18. The van der Waals surface area contributed by atoms with Gasteiger partial charge in [-0.15, -0.1) is 0 Å². The molecule has 1 aliphatic rings. The van der Waals surface area contributed by atoms with E-state index in [2.05, 4.69) is 4.98 Å². The molecule has 1 fully saturated rings. The summed E-state index contributed by atoms with van der Waals surface area (Å²) in [4.78, 5) is 23.4. The Labute approximate surface area is 146 Å². The molecule has 1 saturated heterocycles. The van der Waals surface area contributed by atoms with Gasteiger partial charge in [0.25, 0.3) is 0 Å². The van der Waals surface area contributed by atoms with Crippen LogP contribution in [0.4, 0.5) is 5.82 Å². The molecule has 1 aromatic carbocycles. The molecular formula is C18H20N4O3. The van der Waals surface area contributed by atoms with Crippen molar-refractivity contribution in [2.75, 3.05) is 25.1 Å². The monoisotopic (exact) mass is 340 g/mol. The number of fused-ring (bicyclic) bond motifs is 1. The molecule has 7 nitrogen and oxygen atoms in total. The molecule has 0 saturated carbocycles. The summed E-state index contributed by atoms with van der Waals surface area (Å²) in [6.07, 6.45) is 0.0343. The lowest BCUT2D eigenvalue weighted by Crippen LogP contribution is -2.46. The van der Waals surface area contributed by atoms with Crippen molar-refractivity contribution < 1.29 is 14.3 Å². The maximum Gasteiger partial charge on any atom is 0.329 e. The number of aromatic nitrogens is 2. The Morgan fingerprint density at radius 1 is 1.28 bits per heavy atom. The van der Waals surface area contributed by atoms with E-state index in [9.17, 15) is 10.1 Å². The second-order valence-electron chi connectivity index (χ2n) is 6.17. The number of carbonyl (C=O) groups excluding carboxylic acids is 1. The number of benzene rings is 1. The Morgan fingerprint density at radius 2 is 1.88 bits per heavy atom. The number of hydrogen-bond donors (Lipinski definition) is 0. The van der Waals surface area contributed by atoms with E-state index in [4.69, 9.17) is 14.5 Å². The van der Waals surface area contributed by atoms with Gasteiger partial charge in [0.15, 0.2) is 11.7 Å². The summed E-state index contributed by atoms with van der Waals surface area (Å²) in [6, 6.07) is 9.40. The first kappa shape index (κ1) is 17.1. The minimum atomic E-state index is -1.12. The summed E-state index contributed by atoms with van der Waals surface area (Å²) in [5.41, 5.74) is 1.68. The number of esters is 1. The first-order valence-electron chi connectivity index (χ1n) is 8.18. The Bertz CT molecular complexity index is 823. The van der Waals surface area contributed by atoms with Crippen molar-refractivity contribution in [3.8, 4) is 6.07 Å². The number of anilines is 1. The summed E-state index contributed by atoms with van der Waals surface area (Å²) in [5, 5.41) is 9.52. The average Bonchev–Trinajstić information content (AvgIpc) is 2.60. The molecule has 0 aliphatic carbocycles. The molecule has 2 aromatic rings. The van der Waals surface area contributed by atoms with Gasteiger partial charge in [-0.1, -0.05) is 12.1 Å². The molecule has 3 atom stereocenters. The molecule has 0 radical (unpaired) electrons. The number of nitriles is 1. The highest BCUT2D eigenvalue weighted by atomic mass is 16.5. The number of hydrogen-bond acceptors (Lipinski definition) is 7. The summed E-state index contributed by atoms with van der Waals surface area (Å²) in [6.45, 7) is 5.20. The first-order chi connectivity index (χ1) is 12.0. The summed E-state index contributed by atoms with van der Waals surface area (Å²) in [7, 11) is 1.26. The number of morpholine rings is 1. The third-order valence-electron chi connectivity index (χ3n) is 4.14. The van der Waals surface area contributed by atoms with Crippen molar-refractivity contribution in [2.24, 2.45) is 0 Å². The lowest BCUT2D eigenvalue weighted by Gasteiger charge is -2.37.